The number of nitrogens with one attached hydrogen (secondary N) is 1. The van der Waals surface area contributed by atoms with Gasteiger partial charge >= 0.3 is 5.97 Å². The fraction of sp³-hybridized carbons (Fsp3) is 0.593. The van der Waals surface area contributed by atoms with E-state index in [4.69, 9.17) is 9.47 Å². The molecule has 3 aliphatic heterocycles. The third-order valence-electron chi connectivity index (χ3n) is 6.75. The molecule has 1 spiro atoms. The van der Waals surface area contributed by atoms with E-state index in [-0.39, 0.29) is 17.7 Å². The van der Waals surface area contributed by atoms with Crippen molar-refractivity contribution in [2.24, 2.45) is 17.8 Å². The van der Waals surface area contributed by atoms with Crippen LogP contribution in [0.15, 0.2) is 30.4 Å². The van der Waals surface area contributed by atoms with Crippen LogP contribution in [0.25, 0.3) is 0 Å². The highest BCUT2D eigenvalue weighted by molar-refractivity contribution is 6.03. The number of hydrogen-bond donors (Lipinski definition) is 1. The van der Waals surface area contributed by atoms with Gasteiger partial charge in [0.15, 0.2) is 6.10 Å². The van der Waals surface area contributed by atoms with E-state index in [1.54, 1.807) is 4.90 Å². The zero-order valence-electron chi connectivity index (χ0n) is 21.2. The Kier molecular flexibility index (Phi) is 6.13. The number of nitrogens with zero attached hydrogens (tertiary/aromatic N) is 1. The highest BCUT2D eigenvalue weighted by atomic mass is 16.6. The second-order valence-electron chi connectivity index (χ2n) is 11.4. The molecule has 2 saturated heterocycles. The first-order valence-corrected chi connectivity index (χ1v) is 12.1. The van der Waals surface area contributed by atoms with Crippen LogP contribution in [0.2, 0.25) is 0 Å². The van der Waals surface area contributed by atoms with Crippen LogP contribution in [-0.4, -0.2) is 47.7 Å². The number of fused-ring (bicyclic) bond motifs is 1. The number of carbonyl (C=O) groups excluding carboxylic acids is 3. The van der Waals surface area contributed by atoms with E-state index < -0.39 is 41.2 Å². The van der Waals surface area contributed by atoms with Crippen LogP contribution in [0.4, 0.5) is 5.69 Å². The number of benzene rings is 1. The fourth-order valence-corrected chi connectivity index (χ4v) is 5.39. The Morgan fingerprint density at radius 1 is 1.26 bits per heavy atom. The Morgan fingerprint density at radius 3 is 2.59 bits per heavy atom. The number of esters is 1. The standard InChI is InChI=1S/C27H36N2O5/c1-15(2)12-20(23(30)28-26(5,6)7)33-25(32)21-19-10-11-27(34-19)14-29(24(31)22(21)27)18-9-8-16(3)13-17(18)4/h8-11,13,15,19-22H,12,14H2,1-7H3,(H,28,30). The van der Waals surface area contributed by atoms with Crippen molar-refractivity contribution >= 4 is 23.5 Å². The van der Waals surface area contributed by atoms with Crippen LogP contribution >= 0.6 is 0 Å². The van der Waals surface area contributed by atoms with Gasteiger partial charge in [0.05, 0.1) is 18.6 Å². The lowest BCUT2D eigenvalue weighted by Crippen LogP contribution is -2.49. The van der Waals surface area contributed by atoms with Gasteiger partial charge in [0, 0.05) is 11.2 Å². The molecule has 7 heteroatoms. The zero-order valence-corrected chi connectivity index (χ0v) is 21.2. The second kappa shape index (κ2) is 8.52. The van der Waals surface area contributed by atoms with Crippen molar-refractivity contribution in [3.63, 3.8) is 0 Å². The average Bonchev–Trinajstić information content (AvgIpc) is 3.34. The van der Waals surface area contributed by atoms with Gasteiger partial charge in [-0.3, -0.25) is 14.4 Å². The Balaban J connectivity index is 1.58. The molecule has 7 nitrogen and oxygen atoms in total. The van der Waals surface area contributed by atoms with Crippen molar-refractivity contribution in [2.45, 2.75) is 78.2 Å². The van der Waals surface area contributed by atoms with Crippen LogP contribution < -0.4 is 10.2 Å². The van der Waals surface area contributed by atoms with Gasteiger partial charge in [0.1, 0.15) is 11.5 Å². The molecule has 3 heterocycles. The molecule has 0 aromatic heterocycles. The Bertz CT molecular complexity index is 1040. The summed E-state index contributed by atoms with van der Waals surface area (Å²) in [6.45, 7) is 14.0. The maximum atomic E-state index is 13.6. The molecule has 0 saturated carbocycles. The largest absolute Gasteiger partial charge is 0.452 e. The Hall–Kier alpha value is -2.67. The zero-order chi connectivity index (χ0) is 25.0. The SMILES string of the molecule is Cc1ccc(N2CC34C=CC(O3)C(C(=O)OC(CC(C)C)C(=O)NC(C)(C)C)C4C2=O)c(C)c1. The van der Waals surface area contributed by atoms with Crippen LogP contribution in [0.3, 0.4) is 0 Å². The van der Waals surface area contributed by atoms with Crippen molar-refractivity contribution in [3.05, 3.63) is 41.5 Å². The molecule has 5 unspecified atom stereocenters. The van der Waals surface area contributed by atoms with Gasteiger partial charge in [-0.2, -0.15) is 0 Å². The highest BCUT2D eigenvalue weighted by Gasteiger charge is 2.67. The average molecular weight is 469 g/mol. The van der Waals surface area contributed by atoms with Crippen molar-refractivity contribution < 1.29 is 23.9 Å². The maximum absolute atomic E-state index is 13.6. The van der Waals surface area contributed by atoms with E-state index in [0.717, 1.165) is 16.8 Å². The van der Waals surface area contributed by atoms with Crippen LogP contribution in [-0.2, 0) is 23.9 Å². The van der Waals surface area contributed by atoms with Gasteiger partial charge in [-0.25, -0.2) is 0 Å². The summed E-state index contributed by atoms with van der Waals surface area (Å²) in [5.41, 5.74) is 1.65. The topological polar surface area (TPSA) is 84.9 Å². The van der Waals surface area contributed by atoms with Crippen LogP contribution in [0.5, 0.6) is 0 Å². The third-order valence-corrected chi connectivity index (χ3v) is 6.75. The van der Waals surface area contributed by atoms with E-state index in [1.165, 1.54) is 0 Å². The molecule has 1 N–H and O–H groups in total. The minimum Gasteiger partial charge on any atom is -0.452 e. The fourth-order valence-electron chi connectivity index (χ4n) is 5.39. The van der Waals surface area contributed by atoms with Crippen molar-refractivity contribution in [2.75, 3.05) is 11.4 Å². The molecule has 1 aromatic rings. The van der Waals surface area contributed by atoms with Gasteiger partial charge in [-0.05, 0) is 58.6 Å². The summed E-state index contributed by atoms with van der Waals surface area (Å²) in [6.07, 6.45) is 2.74. The molecule has 2 bridgehead atoms. The third kappa shape index (κ3) is 4.38. The van der Waals surface area contributed by atoms with Gasteiger partial charge < -0.3 is 19.7 Å². The lowest BCUT2D eigenvalue weighted by atomic mass is 9.77. The summed E-state index contributed by atoms with van der Waals surface area (Å²) >= 11 is 0. The molecule has 2 amide bonds. The van der Waals surface area contributed by atoms with Crippen molar-refractivity contribution in [3.8, 4) is 0 Å². The summed E-state index contributed by atoms with van der Waals surface area (Å²) in [5.74, 6) is -2.30. The summed E-state index contributed by atoms with van der Waals surface area (Å²) in [6, 6.07) is 5.96. The first-order valence-electron chi connectivity index (χ1n) is 12.1. The molecule has 5 atom stereocenters. The van der Waals surface area contributed by atoms with E-state index >= 15 is 0 Å². The van der Waals surface area contributed by atoms with Gasteiger partial charge in [0.25, 0.3) is 5.91 Å². The summed E-state index contributed by atoms with van der Waals surface area (Å²) in [5, 5.41) is 2.91. The summed E-state index contributed by atoms with van der Waals surface area (Å²) in [7, 11) is 0. The number of amides is 2. The normalized spacial score (nSPS) is 28.4. The molecule has 4 rings (SSSR count). The molecule has 3 aliphatic rings. The highest BCUT2D eigenvalue weighted by Crippen LogP contribution is 2.53. The first kappa shape index (κ1) is 24.5. The molecule has 0 aliphatic carbocycles. The second-order valence-corrected chi connectivity index (χ2v) is 11.4. The van der Waals surface area contributed by atoms with Gasteiger partial charge in [0.2, 0.25) is 5.91 Å². The lowest BCUT2D eigenvalue weighted by molar-refractivity contribution is -0.163. The minimum atomic E-state index is -0.919. The number of hydrogen-bond acceptors (Lipinski definition) is 5. The molecule has 2 fully saturated rings. The number of ether oxygens (including phenoxy) is 2. The summed E-state index contributed by atoms with van der Waals surface area (Å²) in [4.78, 5) is 41.7. The quantitative estimate of drug-likeness (QED) is 0.511. The van der Waals surface area contributed by atoms with Crippen LogP contribution in [0, 0.1) is 31.6 Å². The van der Waals surface area contributed by atoms with E-state index in [1.807, 2.05) is 78.8 Å². The number of anilines is 1. The molecular weight excluding hydrogens is 432 g/mol. The molecule has 0 radical (unpaired) electrons. The van der Waals surface area contributed by atoms with Crippen molar-refractivity contribution in [1.29, 1.82) is 0 Å². The van der Waals surface area contributed by atoms with Gasteiger partial charge in [-0.1, -0.05) is 43.7 Å². The molecule has 1 aromatic carbocycles. The number of carbonyl (C=O) groups is 3. The Labute approximate surface area is 201 Å². The predicted octanol–water partition coefficient (Wildman–Crippen LogP) is 3.46. The predicted molar refractivity (Wildman–Crippen MR) is 129 cm³/mol. The van der Waals surface area contributed by atoms with Gasteiger partial charge in [-0.15, -0.1) is 0 Å². The molecule has 34 heavy (non-hydrogen) atoms. The monoisotopic (exact) mass is 468 g/mol. The van der Waals surface area contributed by atoms with Crippen molar-refractivity contribution in [1.82, 2.24) is 5.32 Å². The maximum Gasteiger partial charge on any atom is 0.313 e. The number of rotatable bonds is 6. The smallest absolute Gasteiger partial charge is 0.313 e. The van der Waals surface area contributed by atoms with E-state index in [0.29, 0.717) is 13.0 Å². The number of aryl methyl sites for hydroxylation is 2. The molecular formula is C27H36N2O5. The summed E-state index contributed by atoms with van der Waals surface area (Å²) < 4.78 is 12.0. The van der Waals surface area contributed by atoms with Crippen LogP contribution in [0.1, 0.15) is 52.2 Å². The molecule has 184 valence electrons. The van der Waals surface area contributed by atoms with E-state index in [9.17, 15) is 14.4 Å². The Morgan fingerprint density at radius 2 is 1.97 bits per heavy atom. The minimum absolute atomic E-state index is 0.139. The first-order chi connectivity index (χ1) is 15.8. The lowest BCUT2D eigenvalue weighted by Gasteiger charge is -2.28. The van der Waals surface area contributed by atoms with E-state index in [2.05, 4.69) is 5.32 Å².